The van der Waals surface area contributed by atoms with E-state index in [9.17, 15) is 18.0 Å². The lowest BCUT2D eigenvalue weighted by atomic mass is 9.77. The third kappa shape index (κ3) is 3.75. The molecule has 2 amide bonds. The van der Waals surface area contributed by atoms with Crippen molar-refractivity contribution >= 4 is 6.03 Å². The molecule has 0 spiro atoms. The molecule has 5 nitrogen and oxygen atoms in total. The molecule has 24 heavy (non-hydrogen) atoms. The molecular formula is C16H19F3N2O3. The highest BCUT2D eigenvalue weighted by Gasteiger charge is 2.57. The van der Waals surface area contributed by atoms with Crippen molar-refractivity contribution in [1.29, 1.82) is 0 Å². The predicted octanol–water partition coefficient (Wildman–Crippen LogP) is 2.95. The Balaban J connectivity index is 1.49. The van der Waals surface area contributed by atoms with Gasteiger partial charge in [0.05, 0.1) is 6.10 Å². The highest BCUT2D eigenvalue weighted by atomic mass is 19.4. The minimum atomic E-state index is -4.73. The number of nitrogens with one attached hydrogen (secondary N) is 2. The van der Waals surface area contributed by atoms with Crippen molar-refractivity contribution in [3.05, 3.63) is 29.8 Å². The summed E-state index contributed by atoms with van der Waals surface area (Å²) in [6.07, 6.45) is -1.91. The Bertz CT molecular complexity index is 615. The molecule has 0 radical (unpaired) electrons. The summed E-state index contributed by atoms with van der Waals surface area (Å²) in [4.78, 5) is 12.0. The first kappa shape index (κ1) is 16.9. The average Bonchev–Trinajstić information content (AvgIpc) is 2.98. The van der Waals surface area contributed by atoms with Crippen LogP contribution in [0, 0.1) is 5.92 Å². The van der Waals surface area contributed by atoms with Crippen LogP contribution in [0.1, 0.15) is 24.8 Å². The first-order valence-electron chi connectivity index (χ1n) is 7.72. The Morgan fingerprint density at radius 2 is 2.08 bits per heavy atom. The van der Waals surface area contributed by atoms with E-state index in [-0.39, 0.29) is 30.0 Å². The molecule has 0 heterocycles. The van der Waals surface area contributed by atoms with Crippen LogP contribution in [0.15, 0.2) is 24.3 Å². The molecule has 3 aliphatic carbocycles. The number of urea groups is 1. The van der Waals surface area contributed by atoms with Crippen molar-refractivity contribution in [2.24, 2.45) is 5.92 Å². The van der Waals surface area contributed by atoms with Gasteiger partial charge in [0.25, 0.3) is 0 Å². The Labute approximate surface area is 137 Å². The molecule has 0 saturated heterocycles. The standard InChI is InChI=1S/C16H19F3N2O3/c1-23-13-8-15(6-11(13)7-15)21-14(22)20-9-10-3-2-4-12(5-10)24-16(17,18)19/h2-5,11,13H,6-9H2,1H3,(H2,20,21,22). The van der Waals surface area contributed by atoms with Crippen molar-refractivity contribution in [1.82, 2.24) is 10.6 Å². The van der Waals surface area contributed by atoms with Gasteiger partial charge in [-0.15, -0.1) is 13.2 Å². The summed E-state index contributed by atoms with van der Waals surface area (Å²) in [5.74, 6) is 0.202. The zero-order valence-electron chi connectivity index (χ0n) is 13.2. The molecule has 1 unspecified atom stereocenters. The highest BCUT2D eigenvalue weighted by Crippen LogP contribution is 2.52. The number of hydrogen-bond acceptors (Lipinski definition) is 3. The highest BCUT2D eigenvalue weighted by molar-refractivity contribution is 5.75. The Morgan fingerprint density at radius 3 is 2.71 bits per heavy atom. The SMILES string of the molecule is COC1CC2(NC(=O)NCc3cccc(OC(F)(F)F)c3)CC1C2. The van der Waals surface area contributed by atoms with E-state index in [1.807, 2.05) is 0 Å². The van der Waals surface area contributed by atoms with Crippen molar-refractivity contribution in [2.45, 2.75) is 43.8 Å². The number of amides is 2. The molecule has 2 N–H and O–H groups in total. The summed E-state index contributed by atoms with van der Waals surface area (Å²) in [6, 6.07) is 5.21. The molecule has 0 aliphatic heterocycles. The Hall–Kier alpha value is -1.96. The molecule has 3 saturated carbocycles. The molecule has 1 atom stereocenters. The van der Waals surface area contributed by atoms with E-state index in [4.69, 9.17) is 4.74 Å². The summed E-state index contributed by atoms with van der Waals surface area (Å²) in [5.41, 5.74) is 0.327. The van der Waals surface area contributed by atoms with Crippen LogP contribution >= 0.6 is 0 Å². The van der Waals surface area contributed by atoms with Gasteiger partial charge in [-0.1, -0.05) is 12.1 Å². The first-order chi connectivity index (χ1) is 11.3. The van der Waals surface area contributed by atoms with E-state index in [0.717, 1.165) is 19.3 Å². The number of halogens is 3. The smallest absolute Gasteiger partial charge is 0.406 e. The van der Waals surface area contributed by atoms with Crippen LogP contribution < -0.4 is 15.4 Å². The fraction of sp³-hybridized carbons (Fsp3) is 0.562. The molecule has 3 aliphatic rings. The zero-order chi connectivity index (χ0) is 17.4. The molecule has 132 valence electrons. The average molecular weight is 344 g/mol. The van der Waals surface area contributed by atoms with Gasteiger partial charge in [-0.3, -0.25) is 0 Å². The maximum Gasteiger partial charge on any atom is 0.573 e. The van der Waals surface area contributed by atoms with E-state index in [0.29, 0.717) is 11.5 Å². The lowest BCUT2D eigenvalue weighted by Crippen LogP contribution is -2.54. The van der Waals surface area contributed by atoms with Gasteiger partial charge in [0.2, 0.25) is 0 Å². The maximum absolute atomic E-state index is 12.2. The van der Waals surface area contributed by atoms with Crippen LogP contribution in [0.4, 0.5) is 18.0 Å². The van der Waals surface area contributed by atoms with E-state index in [1.54, 1.807) is 13.2 Å². The minimum Gasteiger partial charge on any atom is -0.406 e. The third-order valence-corrected chi connectivity index (χ3v) is 4.69. The molecule has 1 aromatic carbocycles. The molecular weight excluding hydrogens is 325 g/mol. The van der Waals surface area contributed by atoms with Crippen molar-refractivity contribution in [3.8, 4) is 5.75 Å². The minimum absolute atomic E-state index is 0.119. The topological polar surface area (TPSA) is 59.6 Å². The fourth-order valence-electron chi connectivity index (χ4n) is 3.67. The third-order valence-electron chi connectivity index (χ3n) is 4.69. The number of carbonyl (C=O) groups is 1. The van der Waals surface area contributed by atoms with E-state index >= 15 is 0 Å². The summed E-state index contributed by atoms with van der Waals surface area (Å²) < 4.78 is 45.9. The van der Waals surface area contributed by atoms with Crippen LogP contribution in [0.5, 0.6) is 5.75 Å². The van der Waals surface area contributed by atoms with Crippen molar-refractivity contribution < 1.29 is 27.4 Å². The first-order valence-corrected chi connectivity index (χ1v) is 7.72. The number of fused-ring (bicyclic) bond motifs is 1. The number of methoxy groups -OCH3 is 1. The van der Waals surface area contributed by atoms with E-state index in [2.05, 4.69) is 15.4 Å². The van der Waals surface area contributed by atoms with Gasteiger partial charge >= 0.3 is 12.4 Å². The second-order valence-electron chi connectivity index (χ2n) is 6.43. The lowest BCUT2D eigenvalue weighted by molar-refractivity contribution is -0.274. The van der Waals surface area contributed by atoms with Crippen LogP contribution in [-0.2, 0) is 11.3 Å². The quantitative estimate of drug-likeness (QED) is 0.863. The summed E-state index contributed by atoms with van der Waals surface area (Å²) in [7, 11) is 1.68. The number of carbonyl (C=O) groups excluding carboxylic acids is 1. The van der Waals surface area contributed by atoms with E-state index < -0.39 is 6.36 Å². The van der Waals surface area contributed by atoms with Gasteiger partial charge in [0.15, 0.2) is 0 Å². The number of benzene rings is 1. The molecule has 3 fully saturated rings. The monoisotopic (exact) mass is 344 g/mol. The fourth-order valence-corrected chi connectivity index (χ4v) is 3.67. The Morgan fingerprint density at radius 1 is 1.33 bits per heavy atom. The molecule has 2 bridgehead atoms. The second kappa shape index (κ2) is 6.16. The van der Waals surface area contributed by atoms with Gasteiger partial charge in [0, 0.05) is 19.2 Å². The molecule has 0 aromatic heterocycles. The van der Waals surface area contributed by atoms with Crippen LogP contribution in [0.25, 0.3) is 0 Å². The van der Waals surface area contributed by atoms with Gasteiger partial charge in [-0.25, -0.2) is 4.79 Å². The Kier molecular flexibility index (Phi) is 4.33. The van der Waals surface area contributed by atoms with Crippen LogP contribution in [0.3, 0.4) is 0 Å². The van der Waals surface area contributed by atoms with Crippen LogP contribution in [0.2, 0.25) is 0 Å². The summed E-state index contributed by atoms with van der Waals surface area (Å²) in [5, 5.41) is 5.64. The second-order valence-corrected chi connectivity index (χ2v) is 6.43. The number of rotatable bonds is 5. The number of ether oxygens (including phenoxy) is 2. The van der Waals surface area contributed by atoms with Gasteiger partial charge in [0.1, 0.15) is 5.75 Å². The molecule has 8 heteroatoms. The summed E-state index contributed by atoms with van der Waals surface area (Å²) in [6.45, 7) is 0.119. The van der Waals surface area contributed by atoms with Crippen molar-refractivity contribution in [2.75, 3.05) is 7.11 Å². The normalized spacial score (nSPS) is 28.2. The number of alkyl halides is 3. The maximum atomic E-state index is 12.2. The summed E-state index contributed by atoms with van der Waals surface area (Å²) >= 11 is 0. The van der Waals surface area contributed by atoms with E-state index in [1.165, 1.54) is 18.2 Å². The predicted molar refractivity (Wildman–Crippen MR) is 79.4 cm³/mol. The molecule has 4 rings (SSSR count). The van der Waals surface area contributed by atoms with Crippen molar-refractivity contribution in [3.63, 3.8) is 0 Å². The largest absolute Gasteiger partial charge is 0.573 e. The lowest BCUT2D eigenvalue weighted by Gasteiger charge is -2.38. The van der Waals surface area contributed by atoms with Gasteiger partial charge in [-0.2, -0.15) is 0 Å². The molecule has 1 aromatic rings. The van der Waals surface area contributed by atoms with Crippen LogP contribution in [-0.4, -0.2) is 31.1 Å². The van der Waals surface area contributed by atoms with Gasteiger partial charge in [-0.05, 0) is 42.9 Å². The zero-order valence-corrected chi connectivity index (χ0v) is 13.2. The number of hydrogen-bond donors (Lipinski definition) is 2. The van der Waals surface area contributed by atoms with Gasteiger partial charge < -0.3 is 20.1 Å².